The van der Waals surface area contributed by atoms with Gasteiger partial charge in [0.25, 0.3) is 0 Å². The minimum absolute atomic E-state index is 0.184. The molecule has 1 nitrogen and oxygen atoms in total. The van der Waals surface area contributed by atoms with Crippen molar-refractivity contribution in [1.82, 2.24) is 5.32 Å². The number of alkyl halides is 3. The number of hydrogen-bond donors (Lipinski definition) is 1. The van der Waals surface area contributed by atoms with Crippen LogP contribution < -0.4 is 5.32 Å². The first-order chi connectivity index (χ1) is 9.89. The maximum atomic E-state index is 13.3. The van der Waals surface area contributed by atoms with Crippen molar-refractivity contribution in [1.29, 1.82) is 0 Å². The van der Waals surface area contributed by atoms with Gasteiger partial charge in [-0.25, -0.2) is 0 Å². The molecule has 1 unspecified atom stereocenters. The topological polar surface area (TPSA) is 12.0 Å². The fourth-order valence-electron chi connectivity index (χ4n) is 2.19. The number of benzene rings is 2. The molecule has 2 atom stereocenters. The van der Waals surface area contributed by atoms with Gasteiger partial charge in [-0.1, -0.05) is 60.1 Å². The molecule has 5 heteroatoms. The summed E-state index contributed by atoms with van der Waals surface area (Å²) in [6.07, 6.45) is -4.38. The summed E-state index contributed by atoms with van der Waals surface area (Å²) in [5.74, 6) is 0. The molecule has 0 aliphatic heterocycles. The Morgan fingerprint density at radius 2 is 1.52 bits per heavy atom. The van der Waals surface area contributed by atoms with Crippen LogP contribution in [0, 0.1) is 0 Å². The molecule has 2 rings (SSSR count). The van der Waals surface area contributed by atoms with Crippen LogP contribution in [0.3, 0.4) is 0 Å². The van der Waals surface area contributed by atoms with Crippen molar-refractivity contribution >= 4 is 11.6 Å². The molecule has 0 saturated carbocycles. The lowest BCUT2D eigenvalue weighted by atomic mass is 10.0. The van der Waals surface area contributed by atoms with Gasteiger partial charge in [0.05, 0.1) is 0 Å². The van der Waals surface area contributed by atoms with E-state index in [9.17, 15) is 13.2 Å². The number of rotatable bonds is 4. The van der Waals surface area contributed by atoms with Gasteiger partial charge in [0.1, 0.15) is 6.04 Å². The third kappa shape index (κ3) is 3.99. The van der Waals surface area contributed by atoms with E-state index in [-0.39, 0.29) is 5.56 Å². The quantitative estimate of drug-likeness (QED) is 0.808. The minimum atomic E-state index is -4.38. The Hall–Kier alpha value is -1.52. The minimum Gasteiger partial charge on any atom is -0.296 e. The summed E-state index contributed by atoms with van der Waals surface area (Å²) in [5.41, 5.74) is 0.827. The van der Waals surface area contributed by atoms with Crippen LogP contribution >= 0.6 is 11.6 Å². The molecule has 0 aliphatic rings. The zero-order chi connectivity index (χ0) is 15.5. The molecule has 0 saturated heterocycles. The SMILES string of the molecule is C[C@H](NC(c1ccccc1)C(F)(F)F)c1ccccc1Cl. The summed E-state index contributed by atoms with van der Waals surface area (Å²) >= 11 is 6.04. The second kappa shape index (κ2) is 6.50. The molecule has 0 fully saturated rings. The third-order valence-corrected chi connectivity index (χ3v) is 3.59. The predicted molar refractivity (Wildman–Crippen MR) is 78.2 cm³/mol. The number of nitrogens with one attached hydrogen (secondary N) is 1. The molecule has 0 aromatic heterocycles. The van der Waals surface area contributed by atoms with Gasteiger partial charge < -0.3 is 0 Å². The molecule has 0 heterocycles. The molecular formula is C16H15ClF3N. The first-order valence-corrected chi connectivity index (χ1v) is 6.89. The monoisotopic (exact) mass is 313 g/mol. The lowest BCUT2D eigenvalue weighted by molar-refractivity contribution is -0.159. The Kier molecular flexibility index (Phi) is 4.91. The Morgan fingerprint density at radius 1 is 0.952 bits per heavy atom. The largest absolute Gasteiger partial charge is 0.407 e. The molecule has 0 bridgehead atoms. The van der Waals surface area contributed by atoms with E-state index in [0.29, 0.717) is 10.6 Å². The summed E-state index contributed by atoms with van der Waals surface area (Å²) in [7, 11) is 0. The van der Waals surface area contributed by atoms with Crippen molar-refractivity contribution in [2.75, 3.05) is 0 Å². The fraction of sp³-hybridized carbons (Fsp3) is 0.250. The lowest BCUT2D eigenvalue weighted by Gasteiger charge is -2.26. The highest BCUT2D eigenvalue weighted by Crippen LogP contribution is 2.35. The van der Waals surface area contributed by atoms with Crippen molar-refractivity contribution in [2.45, 2.75) is 25.2 Å². The van der Waals surface area contributed by atoms with E-state index in [4.69, 9.17) is 11.6 Å². The van der Waals surface area contributed by atoms with Crippen LogP contribution in [0.15, 0.2) is 54.6 Å². The smallest absolute Gasteiger partial charge is 0.296 e. The van der Waals surface area contributed by atoms with Crippen LogP contribution in [-0.4, -0.2) is 6.18 Å². The lowest BCUT2D eigenvalue weighted by Crippen LogP contribution is -2.35. The van der Waals surface area contributed by atoms with Gasteiger partial charge in [-0.15, -0.1) is 0 Å². The zero-order valence-electron chi connectivity index (χ0n) is 11.4. The molecule has 2 aromatic carbocycles. The van der Waals surface area contributed by atoms with Crippen LogP contribution in [0.5, 0.6) is 0 Å². The molecule has 112 valence electrons. The molecule has 2 aromatic rings. The van der Waals surface area contributed by atoms with E-state index < -0.39 is 18.3 Å². The van der Waals surface area contributed by atoms with Crippen LogP contribution in [0.25, 0.3) is 0 Å². The van der Waals surface area contributed by atoms with Crippen molar-refractivity contribution in [3.05, 3.63) is 70.7 Å². The summed E-state index contributed by atoms with van der Waals surface area (Å²) < 4.78 is 39.9. The Morgan fingerprint density at radius 3 is 2.10 bits per heavy atom. The van der Waals surface area contributed by atoms with E-state index in [1.165, 1.54) is 12.1 Å². The Balaban J connectivity index is 2.26. The molecule has 0 amide bonds. The highest BCUT2D eigenvalue weighted by molar-refractivity contribution is 6.31. The van der Waals surface area contributed by atoms with Gasteiger partial charge in [0, 0.05) is 11.1 Å². The zero-order valence-corrected chi connectivity index (χ0v) is 12.1. The molecule has 0 radical (unpaired) electrons. The van der Waals surface area contributed by atoms with Gasteiger partial charge in [0.2, 0.25) is 0 Å². The van der Waals surface area contributed by atoms with E-state index in [1.54, 1.807) is 49.4 Å². The average Bonchev–Trinajstić information content (AvgIpc) is 2.44. The second-order valence-corrected chi connectivity index (χ2v) is 5.20. The van der Waals surface area contributed by atoms with Gasteiger partial charge in [-0.2, -0.15) is 13.2 Å². The van der Waals surface area contributed by atoms with Crippen LogP contribution in [0.2, 0.25) is 5.02 Å². The van der Waals surface area contributed by atoms with Gasteiger partial charge in [-0.3, -0.25) is 5.32 Å². The van der Waals surface area contributed by atoms with Crippen molar-refractivity contribution in [3.63, 3.8) is 0 Å². The Labute approximate surface area is 126 Å². The van der Waals surface area contributed by atoms with E-state index in [1.807, 2.05) is 0 Å². The summed E-state index contributed by atoms with van der Waals surface area (Å²) in [6, 6.07) is 12.4. The summed E-state index contributed by atoms with van der Waals surface area (Å²) in [6.45, 7) is 1.67. The maximum absolute atomic E-state index is 13.3. The maximum Gasteiger partial charge on any atom is 0.407 e. The Bertz CT molecular complexity index is 584. The number of hydrogen-bond acceptors (Lipinski definition) is 1. The van der Waals surface area contributed by atoms with Crippen LogP contribution in [-0.2, 0) is 0 Å². The van der Waals surface area contributed by atoms with E-state index in [2.05, 4.69) is 5.32 Å². The normalized spacial score (nSPS) is 14.7. The van der Waals surface area contributed by atoms with Crippen LogP contribution in [0.1, 0.15) is 30.1 Å². The molecule has 1 N–H and O–H groups in total. The fourth-order valence-corrected chi connectivity index (χ4v) is 2.49. The second-order valence-electron chi connectivity index (χ2n) is 4.80. The first kappa shape index (κ1) is 15.9. The third-order valence-electron chi connectivity index (χ3n) is 3.25. The van der Waals surface area contributed by atoms with Gasteiger partial charge in [0.15, 0.2) is 0 Å². The van der Waals surface area contributed by atoms with E-state index >= 15 is 0 Å². The van der Waals surface area contributed by atoms with Gasteiger partial charge >= 0.3 is 6.18 Å². The highest BCUT2D eigenvalue weighted by Gasteiger charge is 2.41. The highest BCUT2D eigenvalue weighted by atomic mass is 35.5. The average molecular weight is 314 g/mol. The molecule has 0 spiro atoms. The van der Waals surface area contributed by atoms with Crippen molar-refractivity contribution in [3.8, 4) is 0 Å². The number of halogens is 4. The summed E-state index contributed by atoms with van der Waals surface area (Å²) in [4.78, 5) is 0. The predicted octanol–water partition coefficient (Wildman–Crippen LogP) is 5.29. The standard InChI is InChI=1S/C16H15ClF3N/c1-11(13-9-5-6-10-14(13)17)21-15(16(18,19)20)12-7-3-2-4-8-12/h2-11,15,21H,1H3/t11-,15?/m0/s1. The molecule has 0 aliphatic carbocycles. The molecular weight excluding hydrogens is 299 g/mol. The first-order valence-electron chi connectivity index (χ1n) is 6.51. The van der Waals surface area contributed by atoms with Crippen molar-refractivity contribution < 1.29 is 13.2 Å². The summed E-state index contributed by atoms with van der Waals surface area (Å²) in [5, 5.41) is 3.07. The van der Waals surface area contributed by atoms with Crippen molar-refractivity contribution in [2.24, 2.45) is 0 Å². The van der Waals surface area contributed by atoms with Crippen LogP contribution in [0.4, 0.5) is 13.2 Å². The van der Waals surface area contributed by atoms with E-state index in [0.717, 1.165) is 0 Å². The molecule has 21 heavy (non-hydrogen) atoms. The van der Waals surface area contributed by atoms with Gasteiger partial charge in [-0.05, 0) is 24.1 Å².